The van der Waals surface area contributed by atoms with Crippen LogP contribution in [0.25, 0.3) is 0 Å². The van der Waals surface area contributed by atoms with Gasteiger partial charge in [-0.3, -0.25) is 4.79 Å². The van der Waals surface area contributed by atoms with Crippen LogP contribution < -0.4 is 0 Å². The molecule has 1 fully saturated rings. The van der Waals surface area contributed by atoms with Gasteiger partial charge in [0.1, 0.15) is 5.60 Å². The molecule has 2 rings (SSSR count). The number of morpholine rings is 1. The Bertz CT molecular complexity index is 458. The minimum absolute atomic E-state index is 0.0841. The number of carbonyl (C=O) groups is 1. The molecule has 1 aromatic carbocycles. The summed E-state index contributed by atoms with van der Waals surface area (Å²) in [7, 11) is 0. The van der Waals surface area contributed by atoms with E-state index in [9.17, 15) is 9.90 Å². The topological polar surface area (TPSA) is 49.8 Å². The van der Waals surface area contributed by atoms with E-state index in [4.69, 9.17) is 4.74 Å². The third-order valence-electron chi connectivity index (χ3n) is 3.68. The summed E-state index contributed by atoms with van der Waals surface area (Å²) in [5.41, 5.74) is -0.445. The van der Waals surface area contributed by atoms with Gasteiger partial charge in [-0.1, -0.05) is 30.3 Å². The highest BCUT2D eigenvalue weighted by molar-refractivity contribution is 5.85. The molecule has 19 heavy (non-hydrogen) atoms. The van der Waals surface area contributed by atoms with Crippen molar-refractivity contribution in [2.45, 2.75) is 38.5 Å². The monoisotopic (exact) mass is 263 g/mol. The Hall–Kier alpha value is -1.39. The molecule has 0 spiro atoms. The number of hydrogen-bond donors (Lipinski definition) is 1. The van der Waals surface area contributed by atoms with E-state index in [1.165, 1.54) is 0 Å². The fraction of sp³-hybridized carbons (Fsp3) is 0.533. The van der Waals surface area contributed by atoms with Gasteiger partial charge in [0.2, 0.25) is 0 Å². The maximum absolute atomic E-state index is 12.5. The number of rotatable bonds is 3. The van der Waals surface area contributed by atoms with Crippen LogP contribution in [0.1, 0.15) is 26.3 Å². The number of aliphatic hydroxyl groups excluding tert-OH is 1. The quantitative estimate of drug-likeness (QED) is 0.900. The third kappa shape index (κ3) is 2.65. The van der Waals surface area contributed by atoms with Crippen LogP contribution in [-0.2, 0) is 16.1 Å². The van der Waals surface area contributed by atoms with Crippen LogP contribution in [0.4, 0.5) is 0 Å². The minimum atomic E-state index is -0.830. The highest BCUT2D eigenvalue weighted by Gasteiger charge is 2.47. The van der Waals surface area contributed by atoms with Crippen molar-refractivity contribution >= 4 is 5.91 Å². The lowest BCUT2D eigenvalue weighted by Crippen LogP contribution is -2.65. The molecular formula is C15H21NO3. The summed E-state index contributed by atoms with van der Waals surface area (Å²) in [5, 5.41) is 9.61. The van der Waals surface area contributed by atoms with Crippen molar-refractivity contribution < 1.29 is 14.6 Å². The van der Waals surface area contributed by atoms with Gasteiger partial charge in [-0.05, 0) is 26.3 Å². The maximum atomic E-state index is 12.5. The molecule has 0 radical (unpaired) electrons. The molecule has 1 N–H and O–H groups in total. The summed E-state index contributed by atoms with van der Waals surface area (Å²) >= 11 is 0. The van der Waals surface area contributed by atoms with E-state index < -0.39 is 11.1 Å². The number of hydrogen-bond acceptors (Lipinski definition) is 3. The van der Waals surface area contributed by atoms with Gasteiger partial charge in [-0.25, -0.2) is 0 Å². The lowest BCUT2D eigenvalue weighted by Gasteiger charge is -2.49. The number of benzene rings is 1. The Morgan fingerprint density at radius 3 is 2.47 bits per heavy atom. The van der Waals surface area contributed by atoms with Crippen LogP contribution in [0.15, 0.2) is 30.3 Å². The summed E-state index contributed by atoms with van der Waals surface area (Å²) < 4.78 is 5.60. The Balaban J connectivity index is 2.28. The average molecular weight is 263 g/mol. The van der Waals surface area contributed by atoms with Gasteiger partial charge in [0, 0.05) is 6.54 Å². The van der Waals surface area contributed by atoms with E-state index in [2.05, 4.69) is 0 Å². The first-order chi connectivity index (χ1) is 8.89. The smallest absolute Gasteiger partial charge is 0.255 e. The number of carbonyl (C=O) groups excluding carboxylic acids is 1. The van der Waals surface area contributed by atoms with Crippen molar-refractivity contribution in [3.8, 4) is 0 Å². The van der Waals surface area contributed by atoms with Crippen LogP contribution in [0.3, 0.4) is 0 Å². The molecule has 1 amide bonds. The van der Waals surface area contributed by atoms with Crippen LogP contribution in [0, 0.1) is 0 Å². The molecule has 0 bridgehead atoms. The molecule has 1 unspecified atom stereocenters. The number of ether oxygens (including phenoxy) is 1. The predicted octanol–water partition coefficient (Wildman–Crippen LogP) is 1.57. The normalized spacial score (nSPS) is 26.5. The van der Waals surface area contributed by atoms with Crippen molar-refractivity contribution in [3.63, 3.8) is 0 Å². The van der Waals surface area contributed by atoms with Gasteiger partial charge >= 0.3 is 0 Å². The van der Waals surface area contributed by atoms with Crippen LogP contribution >= 0.6 is 0 Å². The molecule has 4 nitrogen and oxygen atoms in total. The second-order valence-electron chi connectivity index (χ2n) is 5.83. The average Bonchev–Trinajstić information content (AvgIpc) is 2.41. The first-order valence-electron chi connectivity index (χ1n) is 6.50. The third-order valence-corrected chi connectivity index (χ3v) is 3.68. The number of aliphatic hydroxyl groups is 1. The largest absolute Gasteiger partial charge is 0.394 e. The lowest BCUT2D eigenvalue weighted by molar-refractivity contribution is -0.191. The molecule has 0 saturated carbocycles. The first-order valence-corrected chi connectivity index (χ1v) is 6.50. The highest BCUT2D eigenvalue weighted by Crippen LogP contribution is 2.30. The van der Waals surface area contributed by atoms with Gasteiger partial charge < -0.3 is 14.7 Å². The molecule has 1 aliphatic heterocycles. The fourth-order valence-electron chi connectivity index (χ4n) is 2.21. The number of nitrogens with zero attached hydrogens (tertiary/aromatic N) is 1. The van der Waals surface area contributed by atoms with Gasteiger partial charge in [0.05, 0.1) is 18.8 Å². The van der Waals surface area contributed by atoms with Crippen molar-refractivity contribution in [2.75, 3.05) is 13.2 Å². The lowest BCUT2D eigenvalue weighted by atomic mass is 9.93. The Labute approximate surface area is 114 Å². The first kappa shape index (κ1) is 14.0. The standard InChI is InChI=1S/C15H21NO3/c1-14(2)13(18)16(15(3,10-17)11-19-14)9-12-7-5-4-6-8-12/h4-8,17H,9-11H2,1-3H3. The summed E-state index contributed by atoms with van der Waals surface area (Å²) in [4.78, 5) is 14.2. The van der Waals surface area contributed by atoms with Gasteiger partial charge in [-0.2, -0.15) is 0 Å². The van der Waals surface area contributed by atoms with Crippen molar-refractivity contribution in [1.29, 1.82) is 0 Å². The summed E-state index contributed by atoms with van der Waals surface area (Å²) in [6, 6.07) is 9.80. The predicted molar refractivity (Wildman–Crippen MR) is 72.5 cm³/mol. The maximum Gasteiger partial charge on any atom is 0.255 e. The summed E-state index contributed by atoms with van der Waals surface area (Å²) in [5.74, 6) is -0.0841. The SMILES string of the molecule is CC1(C)OCC(C)(CO)N(Cc2ccccc2)C1=O. The number of amides is 1. The van der Waals surface area contributed by atoms with E-state index in [-0.39, 0.29) is 12.5 Å². The highest BCUT2D eigenvalue weighted by atomic mass is 16.5. The minimum Gasteiger partial charge on any atom is -0.394 e. The zero-order chi connectivity index (χ0) is 14.1. The Morgan fingerprint density at radius 1 is 1.26 bits per heavy atom. The Kier molecular flexibility index (Phi) is 3.65. The van der Waals surface area contributed by atoms with Gasteiger partial charge in [0.25, 0.3) is 5.91 Å². The molecule has 0 aliphatic carbocycles. The van der Waals surface area contributed by atoms with E-state index in [1.807, 2.05) is 37.3 Å². The molecule has 1 saturated heterocycles. The van der Waals surface area contributed by atoms with E-state index in [0.29, 0.717) is 13.2 Å². The molecule has 4 heteroatoms. The van der Waals surface area contributed by atoms with Crippen molar-refractivity contribution in [3.05, 3.63) is 35.9 Å². The molecule has 1 atom stereocenters. The molecule has 1 aliphatic rings. The zero-order valence-electron chi connectivity index (χ0n) is 11.7. The van der Waals surface area contributed by atoms with Crippen molar-refractivity contribution in [1.82, 2.24) is 4.90 Å². The van der Waals surface area contributed by atoms with E-state index in [0.717, 1.165) is 5.56 Å². The van der Waals surface area contributed by atoms with Crippen LogP contribution in [-0.4, -0.2) is 40.3 Å². The van der Waals surface area contributed by atoms with Crippen LogP contribution in [0.2, 0.25) is 0 Å². The Morgan fingerprint density at radius 2 is 1.89 bits per heavy atom. The van der Waals surface area contributed by atoms with E-state index >= 15 is 0 Å². The molecule has 1 aromatic rings. The second kappa shape index (κ2) is 4.94. The van der Waals surface area contributed by atoms with Crippen molar-refractivity contribution in [2.24, 2.45) is 0 Å². The van der Waals surface area contributed by atoms with Gasteiger partial charge in [-0.15, -0.1) is 0 Å². The summed E-state index contributed by atoms with van der Waals surface area (Å²) in [6.45, 7) is 6.11. The molecule has 0 aromatic heterocycles. The molecular weight excluding hydrogens is 242 g/mol. The summed E-state index contributed by atoms with van der Waals surface area (Å²) in [6.07, 6.45) is 0. The zero-order valence-corrected chi connectivity index (χ0v) is 11.7. The molecule has 1 heterocycles. The fourth-order valence-corrected chi connectivity index (χ4v) is 2.21. The second-order valence-corrected chi connectivity index (χ2v) is 5.83. The molecule has 104 valence electrons. The van der Waals surface area contributed by atoms with Gasteiger partial charge in [0.15, 0.2) is 0 Å². The van der Waals surface area contributed by atoms with E-state index in [1.54, 1.807) is 18.7 Å². The van der Waals surface area contributed by atoms with Crippen LogP contribution in [0.5, 0.6) is 0 Å².